The number of carbonyl (C=O) groups excluding carboxylic acids is 2. The Kier molecular flexibility index (Phi) is 3.19. The van der Waals surface area contributed by atoms with Gasteiger partial charge in [-0.05, 0) is 25.0 Å². The van der Waals surface area contributed by atoms with Crippen LogP contribution in [-0.2, 0) is 6.42 Å². The number of ketones is 1. The minimum atomic E-state index is -0.282. The molecule has 0 unspecified atom stereocenters. The SMILES string of the molecule is O=C(Nc1cccc2cccnc12)c1c[nH]c2c1C(=O)CCC2. The van der Waals surface area contributed by atoms with Crippen molar-refractivity contribution in [2.45, 2.75) is 19.3 Å². The molecule has 23 heavy (non-hydrogen) atoms. The molecule has 0 atom stereocenters. The number of nitrogens with zero attached hydrogens (tertiary/aromatic N) is 1. The van der Waals surface area contributed by atoms with Crippen LogP contribution in [0, 0.1) is 0 Å². The van der Waals surface area contributed by atoms with Crippen molar-refractivity contribution in [2.75, 3.05) is 5.32 Å². The first kappa shape index (κ1) is 13.7. The zero-order chi connectivity index (χ0) is 15.8. The molecule has 4 rings (SSSR count). The van der Waals surface area contributed by atoms with Crippen molar-refractivity contribution in [3.05, 3.63) is 59.5 Å². The normalized spacial score (nSPS) is 13.8. The number of para-hydroxylation sites is 1. The van der Waals surface area contributed by atoms with Gasteiger partial charge in [0.2, 0.25) is 0 Å². The average molecular weight is 305 g/mol. The molecule has 1 aromatic carbocycles. The molecular weight excluding hydrogens is 290 g/mol. The molecule has 0 saturated carbocycles. The Hall–Kier alpha value is -2.95. The van der Waals surface area contributed by atoms with Crippen molar-refractivity contribution in [1.82, 2.24) is 9.97 Å². The third-order valence-corrected chi connectivity index (χ3v) is 4.20. The highest BCUT2D eigenvalue weighted by molar-refractivity contribution is 6.15. The van der Waals surface area contributed by atoms with E-state index < -0.39 is 0 Å². The Morgan fingerprint density at radius 3 is 2.96 bits per heavy atom. The first-order valence-electron chi connectivity index (χ1n) is 7.62. The third-order valence-electron chi connectivity index (χ3n) is 4.20. The summed E-state index contributed by atoms with van der Waals surface area (Å²) in [6.07, 6.45) is 5.47. The number of rotatable bonds is 2. The molecule has 1 aliphatic rings. The number of carbonyl (C=O) groups is 2. The van der Waals surface area contributed by atoms with Crippen LogP contribution in [0.2, 0.25) is 0 Å². The van der Waals surface area contributed by atoms with E-state index in [0.717, 1.165) is 29.4 Å². The summed E-state index contributed by atoms with van der Waals surface area (Å²) >= 11 is 0. The second-order valence-corrected chi connectivity index (χ2v) is 5.67. The molecule has 0 radical (unpaired) electrons. The maximum absolute atomic E-state index is 12.6. The van der Waals surface area contributed by atoms with E-state index in [0.29, 0.717) is 23.2 Å². The van der Waals surface area contributed by atoms with Crippen LogP contribution in [0.4, 0.5) is 5.69 Å². The number of hydrogen-bond acceptors (Lipinski definition) is 3. The quantitative estimate of drug-likeness (QED) is 0.762. The minimum Gasteiger partial charge on any atom is -0.364 e. The van der Waals surface area contributed by atoms with E-state index in [1.807, 2.05) is 30.3 Å². The van der Waals surface area contributed by atoms with Gasteiger partial charge in [-0.15, -0.1) is 0 Å². The summed E-state index contributed by atoms with van der Waals surface area (Å²) in [6.45, 7) is 0. The number of nitrogens with one attached hydrogen (secondary N) is 2. The highest BCUT2D eigenvalue weighted by Crippen LogP contribution is 2.26. The second-order valence-electron chi connectivity index (χ2n) is 5.67. The molecular formula is C18H15N3O2. The average Bonchev–Trinajstić information content (AvgIpc) is 3.01. The topological polar surface area (TPSA) is 74.8 Å². The minimum absolute atomic E-state index is 0.0358. The third kappa shape index (κ3) is 2.30. The molecule has 0 bridgehead atoms. The Labute approximate surface area is 132 Å². The fourth-order valence-electron chi connectivity index (χ4n) is 3.11. The maximum atomic E-state index is 12.6. The van der Waals surface area contributed by atoms with E-state index in [4.69, 9.17) is 0 Å². The molecule has 114 valence electrons. The predicted molar refractivity (Wildman–Crippen MR) is 87.8 cm³/mol. The molecule has 2 N–H and O–H groups in total. The molecule has 2 heterocycles. The molecule has 0 fully saturated rings. The summed E-state index contributed by atoms with van der Waals surface area (Å²) in [7, 11) is 0. The highest BCUT2D eigenvalue weighted by atomic mass is 16.2. The van der Waals surface area contributed by atoms with Crippen LogP contribution in [0.15, 0.2) is 42.7 Å². The number of aryl methyl sites for hydroxylation is 1. The molecule has 5 nitrogen and oxygen atoms in total. The van der Waals surface area contributed by atoms with E-state index in [-0.39, 0.29) is 11.7 Å². The zero-order valence-electron chi connectivity index (χ0n) is 12.4. The van der Waals surface area contributed by atoms with E-state index >= 15 is 0 Å². The van der Waals surface area contributed by atoms with Gasteiger partial charge >= 0.3 is 0 Å². The monoisotopic (exact) mass is 305 g/mol. The van der Waals surface area contributed by atoms with Gasteiger partial charge in [-0.25, -0.2) is 0 Å². The largest absolute Gasteiger partial charge is 0.364 e. The summed E-state index contributed by atoms with van der Waals surface area (Å²) in [5.41, 5.74) is 3.20. The van der Waals surface area contributed by atoms with Crippen molar-refractivity contribution in [2.24, 2.45) is 0 Å². The van der Waals surface area contributed by atoms with Gasteiger partial charge in [0.15, 0.2) is 5.78 Å². The second kappa shape index (κ2) is 5.35. The van der Waals surface area contributed by atoms with Gasteiger partial charge in [0.05, 0.1) is 22.3 Å². The Morgan fingerprint density at radius 2 is 2.04 bits per heavy atom. The molecule has 1 amide bonds. The van der Waals surface area contributed by atoms with Gasteiger partial charge in [0, 0.05) is 29.9 Å². The van der Waals surface area contributed by atoms with Crippen LogP contribution in [0.3, 0.4) is 0 Å². The van der Waals surface area contributed by atoms with E-state index in [2.05, 4.69) is 15.3 Å². The van der Waals surface area contributed by atoms with E-state index in [9.17, 15) is 9.59 Å². The molecule has 5 heteroatoms. The molecule has 0 spiro atoms. The summed E-state index contributed by atoms with van der Waals surface area (Å²) in [6, 6.07) is 9.43. The Morgan fingerprint density at radius 1 is 1.17 bits per heavy atom. The molecule has 2 aromatic heterocycles. The number of benzene rings is 1. The van der Waals surface area contributed by atoms with Crippen molar-refractivity contribution in [3.8, 4) is 0 Å². The van der Waals surface area contributed by atoms with Gasteiger partial charge < -0.3 is 10.3 Å². The number of amides is 1. The molecule has 3 aromatic rings. The van der Waals surface area contributed by atoms with E-state index in [1.165, 1.54) is 0 Å². The van der Waals surface area contributed by atoms with Gasteiger partial charge in [0.25, 0.3) is 5.91 Å². The van der Waals surface area contributed by atoms with Crippen LogP contribution in [-0.4, -0.2) is 21.7 Å². The standard InChI is InChI=1S/C18H15N3O2/c22-15-8-2-6-13-16(15)12(10-20-13)18(23)21-14-7-1-4-11-5-3-9-19-17(11)14/h1,3-5,7,9-10,20H,2,6,8H2,(H,21,23). The number of H-pyrrole nitrogens is 1. The number of anilines is 1. The van der Waals surface area contributed by atoms with Crippen LogP contribution >= 0.6 is 0 Å². The van der Waals surface area contributed by atoms with Crippen molar-refractivity contribution in [1.29, 1.82) is 0 Å². The first-order chi connectivity index (χ1) is 11.2. The van der Waals surface area contributed by atoms with Gasteiger partial charge in [-0.1, -0.05) is 18.2 Å². The Bertz CT molecular complexity index is 922. The maximum Gasteiger partial charge on any atom is 0.258 e. The lowest BCUT2D eigenvalue weighted by Gasteiger charge is -2.12. The van der Waals surface area contributed by atoms with E-state index in [1.54, 1.807) is 12.4 Å². The lowest BCUT2D eigenvalue weighted by molar-refractivity contribution is 0.0956. The first-order valence-corrected chi connectivity index (χ1v) is 7.62. The summed E-state index contributed by atoms with van der Waals surface area (Å²) in [5.74, 6) is -0.246. The number of hydrogen-bond donors (Lipinski definition) is 2. The molecule has 0 aliphatic heterocycles. The number of Topliss-reactive ketones (excluding diaryl/α,β-unsaturated/α-hetero) is 1. The molecule has 1 aliphatic carbocycles. The number of aromatic nitrogens is 2. The number of aromatic amines is 1. The molecule has 0 saturated heterocycles. The van der Waals surface area contributed by atoms with Crippen molar-refractivity contribution < 1.29 is 9.59 Å². The van der Waals surface area contributed by atoms with Gasteiger partial charge in [0.1, 0.15) is 0 Å². The number of fused-ring (bicyclic) bond motifs is 2. The summed E-state index contributed by atoms with van der Waals surface area (Å²) in [5, 5.41) is 3.84. The summed E-state index contributed by atoms with van der Waals surface area (Å²) < 4.78 is 0. The lowest BCUT2D eigenvalue weighted by Crippen LogP contribution is -2.18. The smallest absolute Gasteiger partial charge is 0.258 e. The summed E-state index contributed by atoms with van der Waals surface area (Å²) in [4.78, 5) is 32.1. The Balaban J connectivity index is 1.71. The zero-order valence-corrected chi connectivity index (χ0v) is 12.4. The van der Waals surface area contributed by atoms with Crippen molar-refractivity contribution in [3.63, 3.8) is 0 Å². The van der Waals surface area contributed by atoms with Crippen LogP contribution < -0.4 is 5.32 Å². The van der Waals surface area contributed by atoms with Crippen LogP contribution in [0.5, 0.6) is 0 Å². The lowest BCUT2D eigenvalue weighted by atomic mass is 9.93. The van der Waals surface area contributed by atoms with Crippen LogP contribution in [0.25, 0.3) is 10.9 Å². The fourth-order valence-corrected chi connectivity index (χ4v) is 3.11. The number of pyridine rings is 1. The van der Waals surface area contributed by atoms with Gasteiger partial charge in [-0.2, -0.15) is 0 Å². The fraction of sp³-hybridized carbons (Fsp3) is 0.167. The van der Waals surface area contributed by atoms with Crippen LogP contribution in [0.1, 0.15) is 39.3 Å². The van der Waals surface area contributed by atoms with Crippen molar-refractivity contribution >= 4 is 28.3 Å². The predicted octanol–water partition coefficient (Wildman–Crippen LogP) is 3.33. The highest BCUT2D eigenvalue weighted by Gasteiger charge is 2.26. The van der Waals surface area contributed by atoms with Gasteiger partial charge in [-0.3, -0.25) is 14.6 Å².